The van der Waals surface area contributed by atoms with Gasteiger partial charge in [0.1, 0.15) is 10.8 Å². The van der Waals surface area contributed by atoms with E-state index in [4.69, 9.17) is 4.74 Å². The van der Waals surface area contributed by atoms with Gasteiger partial charge in [0.2, 0.25) is 0 Å². The zero-order chi connectivity index (χ0) is 14.1. The molecule has 0 atom stereocenters. The maximum Gasteiger partial charge on any atom is 0.308 e. The summed E-state index contributed by atoms with van der Waals surface area (Å²) in [6, 6.07) is 13.5. The molecule has 0 fully saturated rings. The molecule has 0 radical (unpaired) electrons. The van der Waals surface area contributed by atoms with Gasteiger partial charge >= 0.3 is 5.97 Å². The number of aromatic nitrogens is 1. The molecule has 5 heteroatoms. The van der Waals surface area contributed by atoms with Crippen LogP contribution in [0.5, 0.6) is 5.75 Å². The number of para-hydroxylation sites is 1. The summed E-state index contributed by atoms with van der Waals surface area (Å²) in [6.07, 6.45) is 0. The topological polar surface area (TPSA) is 39.2 Å². The smallest absolute Gasteiger partial charge is 0.308 e. The van der Waals surface area contributed by atoms with Crippen molar-refractivity contribution in [1.29, 1.82) is 0 Å². The molecule has 0 aliphatic rings. The van der Waals surface area contributed by atoms with Gasteiger partial charge in [-0.3, -0.25) is 4.79 Å². The molecule has 0 saturated carbocycles. The highest BCUT2D eigenvalue weighted by Crippen LogP contribution is 2.37. The van der Waals surface area contributed by atoms with Crippen LogP contribution in [-0.2, 0) is 4.79 Å². The normalized spacial score (nSPS) is 10.7. The van der Waals surface area contributed by atoms with Gasteiger partial charge in [-0.2, -0.15) is 0 Å². The fourth-order valence-electron chi connectivity index (χ4n) is 1.90. The molecule has 3 rings (SSSR count). The van der Waals surface area contributed by atoms with Crippen molar-refractivity contribution in [3.05, 3.63) is 46.9 Å². The maximum absolute atomic E-state index is 11.2. The van der Waals surface area contributed by atoms with E-state index in [1.807, 2.05) is 36.4 Å². The van der Waals surface area contributed by atoms with E-state index < -0.39 is 0 Å². The zero-order valence-corrected chi connectivity index (χ0v) is 13.0. The lowest BCUT2D eigenvalue weighted by Gasteiger charge is -2.07. The monoisotopic (exact) mass is 347 g/mol. The summed E-state index contributed by atoms with van der Waals surface area (Å²) in [5.41, 5.74) is 1.77. The van der Waals surface area contributed by atoms with E-state index in [9.17, 15) is 4.79 Å². The van der Waals surface area contributed by atoms with Crippen LogP contribution in [0.1, 0.15) is 6.92 Å². The van der Waals surface area contributed by atoms with Gasteiger partial charge in [0.05, 0.1) is 15.8 Å². The van der Waals surface area contributed by atoms with Gasteiger partial charge in [0.15, 0.2) is 0 Å². The molecule has 2 aromatic carbocycles. The molecule has 0 aliphatic heterocycles. The number of fused-ring (bicyclic) bond motifs is 1. The molecule has 0 unspecified atom stereocenters. The molecule has 1 heterocycles. The van der Waals surface area contributed by atoms with Crippen LogP contribution >= 0.6 is 27.3 Å². The van der Waals surface area contributed by atoms with Crippen molar-refractivity contribution in [3.63, 3.8) is 0 Å². The third kappa shape index (κ3) is 2.59. The average Bonchev–Trinajstić information content (AvgIpc) is 2.81. The first-order valence-electron chi connectivity index (χ1n) is 5.97. The minimum Gasteiger partial charge on any atom is -0.426 e. The minimum absolute atomic E-state index is 0.342. The number of rotatable bonds is 2. The van der Waals surface area contributed by atoms with E-state index in [-0.39, 0.29) is 5.97 Å². The number of hydrogen-bond acceptors (Lipinski definition) is 4. The highest BCUT2D eigenvalue weighted by atomic mass is 79.9. The van der Waals surface area contributed by atoms with E-state index in [0.29, 0.717) is 5.75 Å². The minimum atomic E-state index is -0.342. The molecule has 0 spiro atoms. The van der Waals surface area contributed by atoms with Gasteiger partial charge < -0.3 is 4.74 Å². The fraction of sp³-hybridized carbons (Fsp3) is 0.0667. The Morgan fingerprint density at radius 3 is 2.80 bits per heavy atom. The number of ether oxygens (including phenoxy) is 1. The van der Waals surface area contributed by atoms with E-state index in [2.05, 4.69) is 20.9 Å². The third-order valence-electron chi connectivity index (χ3n) is 2.72. The van der Waals surface area contributed by atoms with Crippen LogP contribution in [0.25, 0.3) is 20.8 Å². The summed E-state index contributed by atoms with van der Waals surface area (Å²) in [5.74, 6) is 0.177. The van der Waals surface area contributed by atoms with Gasteiger partial charge in [-0.15, -0.1) is 11.3 Å². The van der Waals surface area contributed by atoms with Gasteiger partial charge in [-0.1, -0.05) is 28.1 Å². The Balaban J connectivity index is 2.15. The molecule has 3 aromatic rings. The summed E-state index contributed by atoms with van der Waals surface area (Å²) in [7, 11) is 0. The highest BCUT2D eigenvalue weighted by Gasteiger charge is 2.13. The van der Waals surface area contributed by atoms with Crippen LogP contribution in [0.15, 0.2) is 46.9 Å². The van der Waals surface area contributed by atoms with Gasteiger partial charge in [0, 0.05) is 11.4 Å². The van der Waals surface area contributed by atoms with Gasteiger partial charge in [-0.25, -0.2) is 4.98 Å². The van der Waals surface area contributed by atoms with Crippen molar-refractivity contribution in [2.24, 2.45) is 0 Å². The Bertz CT molecular complexity index is 764. The van der Waals surface area contributed by atoms with E-state index in [0.717, 1.165) is 25.3 Å². The van der Waals surface area contributed by atoms with Crippen LogP contribution in [0.4, 0.5) is 0 Å². The van der Waals surface area contributed by atoms with Crippen LogP contribution in [0, 0.1) is 0 Å². The number of carbonyl (C=O) groups excluding carboxylic acids is 1. The predicted molar refractivity (Wildman–Crippen MR) is 84.1 cm³/mol. The summed E-state index contributed by atoms with van der Waals surface area (Å²) in [5, 5.41) is 0.843. The molecule has 0 bridgehead atoms. The largest absolute Gasteiger partial charge is 0.426 e. The number of esters is 1. The molecule has 0 amide bonds. The summed E-state index contributed by atoms with van der Waals surface area (Å²) < 4.78 is 7.24. The lowest BCUT2D eigenvalue weighted by molar-refractivity contribution is -0.131. The summed E-state index contributed by atoms with van der Waals surface area (Å²) in [4.78, 5) is 15.8. The first kappa shape index (κ1) is 13.3. The predicted octanol–water partition coefficient (Wildman–Crippen LogP) is 4.65. The van der Waals surface area contributed by atoms with Crippen molar-refractivity contribution in [1.82, 2.24) is 4.98 Å². The van der Waals surface area contributed by atoms with Gasteiger partial charge in [0.25, 0.3) is 0 Å². The molecule has 100 valence electrons. The van der Waals surface area contributed by atoms with Crippen LogP contribution < -0.4 is 4.74 Å². The second-order valence-corrected chi connectivity index (χ2v) is 6.17. The number of nitrogens with zero attached hydrogens (tertiary/aromatic N) is 1. The fourth-order valence-corrected chi connectivity index (χ4v) is 3.24. The Labute approximate surface area is 128 Å². The van der Waals surface area contributed by atoms with E-state index in [1.165, 1.54) is 6.92 Å². The standard InChI is InChI=1S/C15H10BrNO2S/c1-9(18)19-13-8-10(16)6-7-11(13)15-17-12-4-2-3-5-14(12)20-15/h2-8H,1H3. The maximum atomic E-state index is 11.2. The number of hydrogen-bond donors (Lipinski definition) is 0. The molecule has 20 heavy (non-hydrogen) atoms. The lowest BCUT2D eigenvalue weighted by Crippen LogP contribution is -2.02. The van der Waals surface area contributed by atoms with Crippen molar-refractivity contribution < 1.29 is 9.53 Å². The van der Waals surface area contributed by atoms with E-state index in [1.54, 1.807) is 17.4 Å². The molecule has 1 aromatic heterocycles. The van der Waals surface area contributed by atoms with Crippen LogP contribution in [0.2, 0.25) is 0 Å². The Morgan fingerprint density at radius 2 is 2.05 bits per heavy atom. The second kappa shape index (κ2) is 5.34. The summed E-state index contributed by atoms with van der Waals surface area (Å²) >= 11 is 4.96. The van der Waals surface area contributed by atoms with E-state index >= 15 is 0 Å². The first-order chi connectivity index (χ1) is 9.63. The molecular formula is C15H10BrNO2S. The Hall–Kier alpha value is -1.72. The van der Waals surface area contributed by atoms with Crippen molar-refractivity contribution >= 4 is 43.5 Å². The Morgan fingerprint density at radius 1 is 1.25 bits per heavy atom. The quantitative estimate of drug-likeness (QED) is 0.500. The van der Waals surface area contributed by atoms with Crippen LogP contribution in [-0.4, -0.2) is 11.0 Å². The second-order valence-electron chi connectivity index (χ2n) is 4.22. The molecule has 0 saturated heterocycles. The van der Waals surface area contributed by atoms with Crippen molar-refractivity contribution in [2.75, 3.05) is 0 Å². The first-order valence-corrected chi connectivity index (χ1v) is 7.58. The zero-order valence-electron chi connectivity index (χ0n) is 10.6. The average molecular weight is 348 g/mol. The lowest BCUT2D eigenvalue weighted by atomic mass is 10.2. The number of carbonyl (C=O) groups is 1. The molecular weight excluding hydrogens is 338 g/mol. The van der Waals surface area contributed by atoms with Crippen molar-refractivity contribution in [2.45, 2.75) is 6.92 Å². The Kier molecular flexibility index (Phi) is 3.54. The molecule has 0 N–H and O–H groups in total. The van der Waals surface area contributed by atoms with Gasteiger partial charge in [-0.05, 0) is 30.3 Å². The number of benzene rings is 2. The highest BCUT2D eigenvalue weighted by molar-refractivity contribution is 9.10. The molecule has 3 nitrogen and oxygen atoms in total. The summed E-state index contributed by atoms with van der Waals surface area (Å²) in [6.45, 7) is 1.39. The number of halogens is 1. The number of thiazole rings is 1. The molecule has 0 aliphatic carbocycles. The third-order valence-corrected chi connectivity index (χ3v) is 4.28. The van der Waals surface area contributed by atoms with Crippen LogP contribution in [0.3, 0.4) is 0 Å². The van der Waals surface area contributed by atoms with Crippen molar-refractivity contribution in [3.8, 4) is 16.3 Å². The SMILES string of the molecule is CC(=O)Oc1cc(Br)ccc1-c1nc2ccccc2s1.